The van der Waals surface area contributed by atoms with Gasteiger partial charge in [-0.3, -0.25) is 0 Å². The zero-order valence-corrected chi connectivity index (χ0v) is 15.8. The highest BCUT2D eigenvalue weighted by Crippen LogP contribution is 2.31. The van der Waals surface area contributed by atoms with Crippen LogP contribution in [0.2, 0.25) is 10.0 Å². The number of esters is 1. The number of halogens is 4. The number of carbonyl (C=O) groups excluding carboxylic acids is 1. The molecular weight excluding hydrogens is 380 g/mol. The number of likely N-dealkylation sites (N-methyl/N-ethyl adjacent to an activating group) is 1. The molecule has 1 aliphatic rings. The number of hydrogen-bond acceptors (Lipinski definition) is 3. The molecule has 3 nitrogen and oxygen atoms in total. The molecule has 0 saturated heterocycles. The molecule has 1 saturated carbocycles. The van der Waals surface area contributed by atoms with Gasteiger partial charge in [0.2, 0.25) is 0 Å². The van der Waals surface area contributed by atoms with Gasteiger partial charge >= 0.3 is 5.97 Å². The van der Waals surface area contributed by atoms with Crippen LogP contribution >= 0.6 is 47.2 Å². The van der Waals surface area contributed by atoms with Crippen LogP contribution in [-0.4, -0.2) is 18.6 Å². The molecule has 0 atom stereocenters. The maximum atomic E-state index is 12.1. The summed E-state index contributed by atoms with van der Waals surface area (Å²) < 4.78 is 5.21. The minimum absolute atomic E-state index is 0. The van der Waals surface area contributed by atoms with Crippen molar-refractivity contribution in [3.63, 3.8) is 0 Å². The van der Waals surface area contributed by atoms with Crippen LogP contribution < -0.4 is 5.32 Å². The average Bonchev–Trinajstić information content (AvgIpc) is 2.47. The summed E-state index contributed by atoms with van der Waals surface area (Å²) in [7, 11) is 1.89. The second-order valence-electron chi connectivity index (χ2n) is 5.43. The SMILES string of the molecule is CNC1(C=C(Cl)OC(=O)c2ccc(Cl)cc2Cl)CCCCC1.Cl. The number of rotatable bonds is 4. The third kappa shape index (κ3) is 5.54. The lowest BCUT2D eigenvalue weighted by Gasteiger charge is -2.34. The van der Waals surface area contributed by atoms with Crippen LogP contribution in [0.15, 0.2) is 29.5 Å². The minimum atomic E-state index is -0.593. The smallest absolute Gasteiger partial charge is 0.345 e. The van der Waals surface area contributed by atoms with E-state index >= 15 is 0 Å². The average molecular weight is 399 g/mol. The fourth-order valence-corrected chi connectivity index (χ4v) is 3.46. The van der Waals surface area contributed by atoms with Gasteiger partial charge in [0.1, 0.15) is 0 Å². The zero-order valence-electron chi connectivity index (χ0n) is 12.7. The first-order chi connectivity index (χ1) is 10.5. The molecule has 128 valence electrons. The summed E-state index contributed by atoms with van der Waals surface area (Å²) in [5.41, 5.74) is 0.0270. The van der Waals surface area contributed by atoms with Crippen LogP contribution in [-0.2, 0) is 4.74 Å². The molecule has 0 amide bonds. The molecule has 0 aliphatic heterocycles. The summed E-state index contributed by atoms with van der Waals surface area (Å²) >= 11 is 17.9. The molecule has 1 aromatic carbocycles. The quantitative estimate of drug-likeness (QED) is 0.531. The lowest BCUT2D eigenvalue weighted by Crippen LogP contribution is -2.43. The maximum absolute atomic E-state index is 12.1. The van der Waals surface area contributed by atoms with Crippen molar-refractivity contribution < 1.29 is 9.53 Å². The second kappa shape index (κ2) is 9.14. The van der Waals surface area contributed by atoms with Crippen LogP contribution in [0.25, 0.3) is 0 Å². The number of benzene rings is 1. The highest BCUT2D eigenvalue weighted by Gasteiger charge is 2.29. The number of hydrogen-bond donors (Lipinski definition) is 1. The van der Waals surface area contributed by atoms with Crippen molar-refractivity contribution in [1.29, 1.82) is 0 Å². The Labute approximate surface area is 157 Å². The monoisotopic (exact) mass is 397 g/mol. The van der Waals surface area contributed by atoms with Crippen molar-refractivity contribution in [3.05, 3.63) is 45.1 Å². The molecule has 0 spiro atoms. The van der Waals surface area contributed by atoms with E-state index in [1.54, 1.807) is 12.1 Å². The number of carbonyl (C=O) groups is 1. The molecule has 0 bridgehead atoms. The molecule has 1 fully saturated rings. The lowest BCUT2D eigenvalue weighted by molar-refractivity contribution is 0.0645. The summed E-state index contributed by atoms with van der Waals surface area (Å²) in [5, 5.41) is 4.04. The lowest BCUT2D eigenvalue weighted by atomic mass is 9.82. The molecule has 1 aromatic rings. The fourth-order valence-electron chi connectivity index (χ4n) is 2.69. The zero-order chi connectivity index (χ0) is 16.2. The summed E-state index contributed by atoms with van der Waals surface area (Å²) in [4.78, 5) is 12.1. The number of nitrogens with one attached hydrogen (secondary N) is 1. The van der Waals surface area contributed by atoms with E-state index in [1.807, 2.05) is 7.05 Å². The van der Waals surface area contributed by atoms with Crippen molar-refractivity contribution in [3.8, 4) is 0 Å². The molecule has 1 aliphatic carbocycles. The summed E-state index contributed by atoms with van der Waals surface area (Å²) in [5.74, 6) is -0.593. The minimum Gasteiger partial charge on any atom is -0.411 e. The molecule has 0 unspecified atom stereocenters. The molecular formula is C16H19Cl4NO2. The predicted octanol–water partition coefficient (Wildman–Crippen LogP) is 5.57. The highest BCUT2D eigenvalue weighted by molar-refractivity contribution is 6.36. The highest BCUT2D eigenvalue weighted by atomic mass is 35.5. The van der Waals surface area contributed by atoms with Crippen molar-refractivity contribution in [2.45, 2.75) is 37.6 Å². The van der Waals surface area contributed by atoms with E-state index in [9.17, 15) is 4.79 Å². The largest absolute Gasteiger partial charge is 0.411 e. The van der Waals surface area contributed by atoms with Crippen molar-refractivity contribution in [1.82, 2.24) is 5.32 Å². The van der Waals surface area contributed by atoms with Crippen LogP contribution in [0.3, 0.4) is 0 Å². The summed E-state index contributed by atoms with van der Waals surface area (Å²) in [6.45, 7) is 0. The van der Waals surface area contributed by atoms with Crippen LogP contribution in [0.5, 0.6) is 0 Å². The Balaban J connectivity index is 0.00000264. The van der Waals surface area contributed by atoms with E-state index in [-0.39, 0.29) is 33.8 Å². The fraction of sp³-hybridized carbons (Fsp3) is 0.438. The van der Waals surface area contributed by atoms with Gasteiger partial charge in [0.25, 0.3) is 0 Å². The normalized spacial score (nSPS) is 17.3. The Morgan fingerprint density at radius 2 is 1.91 bits per heavy atom. The molecule has 2 rings (SSSR count). The van der Waals surface area contributed by atoms with E-state index in [4.69, 9.17) is 39.5 Å². The standard InChI is InChI=1S/C16H18Cl3NO2.ClH/c1-20-16(7-3-2-4-8-16)10-14(19)22-15(21)12-6-5-11(17)9-13(12)18;/h5-6,9-10,20H,2-4,7-8H2,1H3;1H. The van der Waals surface area contributed by atoms with Gasteiger partial charge in [-0.15, -0.1) is 12.4 Å². The van der Waals surface area contributed by atoms with Gasteiger partial charge in [-0.05, 0) is 55.8 Å². The third-order valence-corrected chi connectivity index (χ3v) is 4.71. The topological polar surface area (TPSA) is 38.3 Å². The number of ether oxygens (including phenoxy) is 1. The Morgan fingerprint density at radius 3 is 2.48 bits per heavy atom. The Hall–Kier alpha value is -0.450. The second-order valence-corrected chi connectivity index (χ2v) is 6.65. The first-order valence-electron chi connectivity index (χ1n) is 7.20. The summed E-state index contributed by atoms with van der Waals surface area (Å²) in [6, 6.07) is 4.59. The molecule has 0 radical (unpaired) electrons. The molecule has 1 N–H and O–H groups in total. The Bertz CT molecular complexity index is 583. The van der Waals surface area contributed by atoms with E-state index in [0.29, 0.717) is 5.02 Å². The van der Waals surface area contributed by atoms with Crippen molar-refractivity contribution >= 4 is 53.2 Å². The van der Waals surface area contributed by atoms with Gasteiger partial charge < -0.3 is 10.1 Å². The molecule has 7 heteroatoms. The van der Waals surface area contributed by atoms with Gasteiger partial charge in [-0.1, -0.05) is 42.5 Å². The van der Waals surface area contributed by atoms with E-state index in [0.717, 1.165) is 25.7 Å². The first-order valence-corrected chi connectivity index (χ1v) is 8.34. The first kappa shape index (κ1) is 20.6. The summed E-state index contributed by atoms with van der Waals surface area (Å²) in [6.07, 6.45) is 7.19. The van der Waals surface area contributed by atoms with Gasteiger partial charge in [-0.2, -0.15) is 0 Å². The maximum Gasteiger partial charge on any atom is 0.345 e. The van der Waals surface area contributed by atoms with Crippen LogP contribution in [0.1, 0.15) is 42.5 Å². The molecule has 0 aromatic heterocycles. The van der Waals surface area contributed by atoms with Gasteiger partial charge in [0, 0.05) is 10.6 Å². The van der Waals surface area contributed by atoms with Crippen LogP contribution in [0.4, 0.5) is 0 Å². The molecule has 0 heterocycles. The van der Waals surface area contributed by atoms with Gasteiger partial charge in [0.05, 0.1) is 10.6 Å². The van der Waals surface area contributed by atoms with Gasteiger partial charge in [0.15, 0.2) is 5.22 Å². The van der Waals surface area contributed by atoms with Crippen molar-refractivity contribution in [2.24, 2.45) is 0 Å². The van der Waals surface area contributed by atoms with Gasteiger partial charge in [-0.25, -0.2) is 4.79 Å². The van der Waals surface area contributed by atoms with E-state index < -0.39 is 5.97 Å². The van der Waals surface area contributed by atoms with Crippen LogP contribution in [0, 0.1) is 0 Å². The predicted molar refractivity (Wildman–Crippen MR) is 97.9 cm³/mol. The van der Waals surface area contributed by atoms with E-state index in [2.05, 4.69) is 5.32 Å². The van der Waals surface area contributed by atoms with Crippen molar-refractivity contribution in [2.75, 3.05) is 7.05 Å². The Morgan fingerprint density at radius 1 is 1.26 bits per heavy atom. The molecule has 23 heavy (non-hydrogen) atoms. The third-order valence-electron chi connectivity index (χ3n) is 3.97. The Kier molecular flexibility index (Phi) is 8.19. The van der Waals surface area contributed by atoms with E-state index in [1.165, 1.54) is 18.6 Å².